The number of aromatic nitrogens is 3. The molecule has 146 valence electrons. The highest BCUT2D eigenvalue weighted by Gasteiger charge is 2.20. The number of hydrogen-bond acceptors (Lipinski definition) is 3. The van der Waals surface area contributed by atoms with Crippen LogP contribution < -0.4 is 10.6 Å². The van der Waals surface area contributed by atoms with Gasteiger partial charge in [0.25, 0.3) is 0 Å². The summed E-state index contributed by atoms with van der Waals surface area (Å²) in [6.07, 6.45) is 3.22. The summed E-state index contributed by atoms with van der Waals surface area (Å²) < 4.78 is 1.74. The van der Waals surface area contributed by atoms with Gasteiger partial charge in [0, 0.05) is 18.5 Å². The zero-order valence-corrected chi connectivity index (χ0v) is 16.8. The number of nitrogens with zero attached hydrogens (tertiary/aromatic N) is 4. The predicted octanol–water partition coefficient (Wildman–Crippen LogP) is 3.30. The predicted molar refractivity (Wildman–Crippen MR) is 114 cm³/mol. The fourth-order valence-corrected chi connectivity index (χ4v) is 2.90. The topological polar surface area (TPSA) is 67.1 Å². The van der Waals surface area contributed by atoms with Crippen molar-refractivity contribution in [1.82, 2.24) is 25.4 Å². The van der Waals surface area contributed by atoms with E-state index in [1.807, 2.05) is 18.2 Å². The van der Waals surface area contributed by atoms with Gasteiger partial charge < -0.3 is 10.6 Å². The lowest BCUT2D eigenvalue weighted by atomic mass is 9.85. The molecule has 28 heavy (non-hydrogen) atoms. The van der Waals surface area contributed by atoms with Crippen LogP contribution in [0.3, 0.4) is 0 Å². The molecular formula is C22H28N6. The zero-order valence-electron chi connectivity index (χ0n) is 16.8. The molecule has 0 aliphatic rings. The van der Waals surface area contributed by atoms with E-state index in [9.17, 15) is 0 Å². The minimum absolute atomic E-state index is 0.0108. The van der Waals surface area contributed by atoms with Gasteiger partial charge in [-0.1, -0.05) is 56.3 Å². The van der Waals surface area contributed by atoms with Crippen molar-refractivity contribution < 1.29 is 0 Å². The monoisotopic (exact) mass is 376 g/mol. The molecule has 0 saturated heterocycles. The highest BCUT2D eigenvalue weighted by atomic mass is 15.3. The number of benzene rings is 2. The van der Waals surface area contributed by atoms with Gasteiger partial charge in [0.1, 0.15) is 12.7 Å². The number of rotatable bonds is 7. The summed E-state index contributed by atoms with van der Waals surface area (Å²) in [7, 11) is 0. The summed E-state index contributed by atoms with van der Waals surface area (Å²) in [5, 5.41) is 11.0. The Morgan fingerprint density at radius 3 is 2.43 bits per heavy atom. The summed E-state index contributed by atoms with van der Waals surface area (Å²) in [4.78, 5) is 8.71. The molecule has 0 saturated carbocycles. The van der Waals surface area contributed by atoms with Crippen molar-refractivity contribution >= 4 is 5.96 Å². The van der Waals surface area contributed by atoms with Crippen molar-refractivity contribution in [2.24, 2.45) is 4.99 Å². The number of nitrogens with one attached hydrogen (secondary N) is 2. The third-order valence-electron chi connectivity index (χ3n) is 4.64. The van der Waals surface area contributed by atoms with E-state index in [0.717, 1.165) is 30.3 Å². The fourth-order valence-electron chi connectivity index (χ4n) is 2.90. The average molecular weight is 377 g/mol. The van der Waals surface area contributed by atoms with Crippen molar-refractivity contribution in [3.63, 3.8) is 0 Å². The average Bonchev–Trinajstić information content (AvgIpc) is 3.26. The Morgan fingerprint density at radius 1 is 1.04 bits per heavy atom. The van der Waals surface area contributed by atoms with E-state index in [4.69, 9.17) is 4.99 Å². The SMILES string of the molecule is CCNC(=NCc1ccc(-n2cncn2)cc1)NCC(C)(C)c1ccccc1. The maximum absolute atomic E-state index is 4.73. The first-order valence-corrected chi connectivity index (χ1v) is 9.60. The third-order valence-corrected chi connectivity index (χ3v) is 4.64. The molecule has 0 radical (unpaired) electrons. The van der Waals surface area contributed by atoms with Crippen molar-refractivity contribution in [3.8, 4) is 5.69 Å². The van der Waals surface area contributed by atoms with E-state index in [0.29, 0.717) is 6.54 Å². The molecule has 0 amide bonds. The van der Waals surface area contributed by atoms with Crippen LogP contribution in [0.15, 0.2) is 72.2 Å². The Labute approximate surface area is 166 Å². The Hall–Kier alpha value is -3.15. The highest BCUT2D eigenvalue weighted by molar-refractivity contribution is 5.79. The maximum atomic E-state index is 4.73. The van der Waals surface area contributed by atoms with E-state index in [1.54, 1.807) is 11.0 Å². The molecule has 0 aliphatic carbocycles. The van der Waals surface area contributed by atoms with Crippen molar-refractivity contribution in [3.05, 3.63) is 78.4 Å². The second-order valence-electron chi connectivity index (χ2n) is 7.31. The second kappa shape index (κ2) is 9.17. The molecule has 6 nitrogen and oxygen atoms in total. The minimum Gasteiger partial charge on any atom is -0.357 e. The van der Waals surface area contributed by atoms with Crippen LogP contribution in [-0.2, 0) is 12.0 Å². The normalized spacial score (nSPS) is 12.0. The van der Waals surface area contributed by atoms with Gasteiger partial charge in [-0.05, 0) is 30.2 Å². The van der Waals surface area contributed by atoms with Crippen LogP contribution in [0.2, 0.25) is 0 Å². The fraction of sp³-hybridized carbons (Fsp3) is 0.318. The van der Waals surface area contributed by atoms with Crippen LogP contribution in [-0.4, -0.2) is 33.8 Å². The summed E-state index contributed by atoms with van der Waals surface area (Å²) in [5.41, 5.74) is 3.45. The van der Waals surface area contributed by atoms with Crippen LogP contribution in [0.1, 0.15) is 31.9 Å². The standard InChI is InChI=1S/C22H28N6/c1-4-24-21(26-15-22(2,3)19-8-6-5-7-9-19)25-14-18-10-12-20(13-11-18)28-17-23-16-27-28/h5-13,16-17H,4,14-15H2,1-3H3,(H2,24,25,26). The van der Waals surface area contributed by atoms with Crippen LogP contribution in [0.4, 0.5) is 0 Å². The summed E-state index contributed by atoms with van der Waals surface area (Å²) in [6, 6.07) is 18.7. The van der Waals surface area contributed by atoms with Crippen molar-refractivity contribution in [2.75, 3.05) is 13.1 Å². The molecular weight excluding hydrogens is 348 g/mol. The smallest absolute Gasteiger partial charge is 0.191 e. The second-order valence-corrected chi connectivity index (χ2v) is 7.31. The minimum atomic E-state index is 0.0108. The summed E-state index contributed by atoms with van der Waals surface area (Å²) in [6.45, 7) is 8.78. The first-order chi connectivity index (χ1) is 13.6. The summed E-state index contributed by atoms with van der Waals surface area (Å²) >= 11 is 0. The Kier molecular flexibility index (Phi) is 6.42. The van der Waals surface area contributed by atoms with Gasteiger partial charge in [-0.25, -0.2) is 14.7 Å². The molecule has 0 bridgehead atoms. The lowest BCUT2D eigenvalue weighted by molar-refractivity contribution is 0.508. The highest BCUT2D eigenvalue weighted by Crippen LogP contribution is 2.21. The molecule has 0 atom stereocenters. The van der Waals surface area contributed by atoms with Gasteiger partial charge in [-0.2, -0.15) is 5.10 Å². The van der Waals surface area contributed by atoms with E-state index in [1.165, 1.54) is 11.9 Å². The van der Waals surface area contributed by atoms with Crippen LogP contribution in [0.25, 0.3) is 5.69 Å². The van der Waals surface area contributed by atoms with E-state index in [2.05, 4.69) is 77.9 Å². The Balaban J connectivity index is 1.62. The van der Waals surface area contributed by atoms with Gasteiger partial charge in [-0.3, -0.25) is 0 Å². The van der Waals surface area contributed by atoms with Gasteiger partial charge in [0.2, 0.25) is 0 Å². The Morgan fingerprint density at radius 2 is 1.79 bits per heavy atom. The zero-order chi connectivity index (χ0) is 19.8. The lowest BCUT2D eigenvalue weighted by Gasteiger charge is -2.26. The summed E-state index contributed by atoms with van der Waals surface area (Å²) in [5.74, 6) is 0.826. The molecule has 3 rings (SSSR count). The first kappa shape index (κ1) is 19.6. The first-order valence-electron chi connectivity index (χ1n) is 9.60. The Bertz CT molecular complexity index is 867. The molecule has 0 fully saturated rings. The number of guanidine groups is 1. The van der Waals surface area contributed by atoms with E-state index >= 15 is 0 Å². The van der Waals surface area contributed by atoms with Gasteiger partial charge in [0.05, 0.1) is 12.2 Å². The number of hydrogen-bond donors (Lipinski definition) is 2. The molecule has 1 aromatic heterocycles. The molecule has 0 unspecified atom stereocenters. The molecule has 0 spiro atoms. The molecule has 6 heteroatoms. The molecule has 2 N–H and O–H groups in total. The van der Waals surface area contributed by atoms with Crippen LogP contribution in [0.5, 0.6) is 0 Å². The van der Waals surface area contributed by atoms with Gasteiger partial charge in [-0.15, -0.1) is 0 Å². The van der Waals surface area contributed by atoms with Crippen molar-refractivity contribution in [1.29, 1.82) is 0 Å². The lowest BCUT2D eigenvalue weighted by Crippen LogP contribution is -2.43. The van der Waals surface area contributed by atoms with Crippen molar-refractivity contribution in [2.45, 2.75) is 32.7 Å². The molecule has 2 aromatic carbocycles. The molecule has 3 aromatic rings. The third kappa shape index (κ3) is 5.19. The van der Waals surface area contributed by atoms with Crippen LogP contribution in [0, 0.1) is 0 Å². The van der Waals surface area contributed by atoms with Crippen LogP contribution >= 0.6 is 0 Å². The van der Waals surface area contributed by atoms with E-state index in [-0.39, 0.29) is 5.41 Å². The molecule has 1 heterocycles. The van der Waals surface area contributed by atoms with Gasteiger partial charge in [0.15, 0.2) is 5.96 Å². The largest absolute Gasteiger partial charge is 0.357 e. The molecule has 0 aliphatic heterocycles. The number of aliphatic imine (C=N–C) groups is 1. The maximum Gasteiger partial charge on any atom is 0.191 e. The quantitative estimate of drug-likeness (QED) is 0.490. The van der Waals surface area contributed by atoms with E-state index < -0.39 is 0 Å². The van der Waals surface area contributed by atoms with Gasteiger partial charge >= 0.3 is 0 Å².